The molecule has 3 aromatic rings. The van der Waals surface area contributed by atoms with Gasteiger partial charge in [0.1, 0.15) is 5.75 Å². The van der Waals surface area contributed by atoms with Gasteiger partial charge >= 0.3 is 0 Å². The van der Waals surface area contributed by atoms with E-state index >= 15 is 0 Å². The van der Waals surface area contributed by atoms with Crippen molar-refractivity contribution in [2.45, 2.75) is 13.8 Å². The van der Waals surface area contributed by atoms with E-state index in [1.807, 2.05) is 55.6 Å². The summed E-state index contributed by atoms with van der Waals surface area (Å²) in [7, 11) is 0. The lowest BCUT2D eigenvalue weighted by Gasteiger charge is -2.11. The zero-order valence-corrected chi connectivity index (χ0v) is 15.8. The maximum Gasteiger partial charge on any atom is 0.264 e. The molecule has 0 aliphatic carbocycles. The third-order valence-corrected chi connectivity index (χ3v) is 4.93. The molecule has 0 bridgehead atoms. The lowest BCUT2D eigenvalue weighted by Crippen LogP contribution is -2.20. The molecule has 1 aromatic heterocycles. The van der Waals surface area contributed by atoms with Gasteiger partial charge in [0.2, 0.25) is 6.79 Å². The minimum atomic E-state index is -0.246. The number of thiazole rings is 1. The number of nitrogens with one attached hydrogen (secondary N) is 1. The van der Waals surface area contributed by atoms with Gasteiger partial charge in [0.15, 0.2) is 23.2 Å². The van der Waals surface area contributed by atoms with E-state index in [2.05, 4.69) is 10.3 Å². The summed E-state index contributed by atoms with van der Waals surface area (Å²) in [6.07, 6.45) is 0. The zero-order valence-electron chi connectivity index (χ0n) is 14.9. The molecule has 138 valence electrons. The van der Waals surface area contributed by atoms with Crippen LogP contribution < -0.4 is 19.5 Å². The predicted molar refractivity (Wildman–Crippen MR) is 104 cm³/mol. The number of hydrogen-bond donors (Lipinski definition) is 1. The van der Waals surface area contributed by atoms with Gasteiger partial charge in [0.05, 0.1) is 5.69 Å². The number of ether oxygens (including phenoxy) is 3. The van der Waals surface area contributed by atoms with Crippen molar-refractivity contribution in [3.05, 3.63) is 52.9 Å². The summed E-state index contributed by atoms with van der Waals surface area (Å²) < 4.78 is 16.4. The molecule has 0 fully saturated rings. The second kappa shape index (κ2) is 7.28. The average molecular weight is 382 g/mol. The van der Waals surface area contributed by atoms with Crippen LogP contribution in [0.2, 0.25) is 0 Å². The molecule has 1 N–H and O–H groups in total. The molecule has 0 unspecified atom stereocenters. The molecule has 0 saturated heterocycles. The van der Waals surface area contributed by atoms with Gasteiger partial charge < -0.3 is 14.2 Å². The third-order valence-electron chi connectivity index (χ3n) is 4.18. The Balaban J connectivity index is 1.40. The van der Waals surface area contributed by atoms with Gasteiger partial charge in [-0.25, -0.2) is 4.98 Å². The molecule has 0 atom stereocenters. The number of carbonyl (C=O) groups excluding carboxylic acids is 1. The first-order valence-electron chi connectivity index (χ1n) is 8.44. The highest BCUT2D eigenvalue weighted by Gasteiger charge is 2.16. The number of rotatable bonds is 5. The van der Waals surface area contributed by atoms with Crippen molar-refractivity contribution in [1.82, 2.24) is 4.98 Å². The van der Waals surface area contributed by atoms with Gasteiger partial charge in [-0.2, -0.15) is 0 Å². The first-order chi connectivity index (χ1) is 13.1. The zero-order chi connectivity index (χ0) is 18.8. The van der Waals surface area contributed by atoms with E-state index in [4.69, 9.17) is 14.2 Å². The first-order valence-corrected chi connectivity index (χ1v) is 9.32. The smallest absolute Gasteiger partial charge is 0.264 e. The van der Waals surface area contributed by atoms with Crippen molar-refractivity contribution in [2.24, 2.45) is 0 Å². The molecule has 1 amide bonds. The van der Waals surface area contributed by atoms with E-state index in [-0.39, 0.29) is 19.3 Å². The van der Waals surface area contributed by atoms with Crippen LogP contribution in [0.15, 0.2) is 41.8 Å². The number of anilines is 1. The molecule has 2 heterocycles. The Morgan fingerprint density at radius 1 is 1.19 bits per heavy atom. The number of aryl methyl sites for hydroxylation is 2. The van der Waals surface area contributed by atoms with Gasteiger partial charge in [0.25, 0.3) is 5.91 Å². The topological polar surface area (TPSA) is 69.7 Å². The maximum atomic E-state index is 12.2. The maximum absolute atomic E-state index is 12.2. The van der Waals surface area contributed by atoms with E-state index in [1.54, 1.807) is 0 Å². The molecule has 7 heteroatoms. The van der Waals surface area contributed by atoms with E-state index in [1.165, 1.54) is 11.3 Å². The molecule has 4 rings (SSSR count). The largest absolute Gasteiger partial charge is 0.483 e. The third kappa shape index (κ3) is 3.73. The lowest BCUT2D eigenvalue weighted by molar-refractivity contribution is -0.118. The predicted octanol–water partition coefficient (Wildman–Crippen LogP) is 4.17. The van der Waals surface area contributed by atoms with Crippen LogP contribution >= 0.6 is 11.3 Å². The fourth-order valence-electron chi connectivity index (χ4n) is 2.84. The molecule has 27 heavy (non-hydrogen) atoms. The van der Waals surface area contributed by atoms with E-state index in [0.717, 1.165) is 33.9 Å². The molecule has 1 aliphatic rings. The number of hydrogen-bond acceptors (Lipinski definition) is 6. The Morgan fingerprint density at radius 3 is 2.78 bits per heavy atom. The van der Waals surface area contributed by atoms with Crippen LogP contribution in [0.1, 0.15) is 11.1 Å². The van der Waals surface area contributed by atoms with Gasteiger partial charge in [0, 0.05) is 10.9 Å². The summed E-state index contributed by atoms with van der Waals surface area (Å²) in [5.74, 6) is 1.93. The summed E-state index contributed by atoms with van der Waals surface area (Å²) in [4.78, 5) is 16.7. The Bertz CT molecular complexity index is 979. The van der Waals surface area contributed by atoms with Gasteiger partial charge in [-0.3, -0.25) is 10.1 Å². The van der Waals surface area contributed by atoms with Gasteiger partial charge in [-0.05, 0) is 43.2 Å². The summed E-state index contributed by atoms with van der Waals surface area (Å²) >= 11 is 1.36. The van der Waals surface area contributed by atoms with Crippen molar-refractivity contribution in [3.8, 4) is 28.5 Å². The summed E-state index contributed by atoms with van der Waals surface area (Å²) in [5, 5.41) is 5.20. The molecule has 0 spiro atoms. The van der Waals surface area contributed by atoms with Gasteiger partial charge in [-0.1, -0.05) is 18.2 Å². The van der Waals surface area contributed by atoms with E-state index in [9.17, 15) is 4.79 Å². The Labute approximate surface area is 160 Å². The van der Waals surface area contributed by atoms with Crippen LogP contribution in [0.25, 0.3) is 11.3 Å². The number of carbonyl (C=O) groups is 1. The first kappa shape index (κ1) is 17.4. The number of amides is 1. The van der Waals surface area contributed by atoms with Crippen LogP contribution in [0.4, 0.5) is 5.13 Å². The Hall–Kier alpha value is -3.06. The normalized spacial score (nSPS) is 12.1. The molecule has 6 nitrogen and oxygen atoms in total. The molecule has 0 saturated carbocycles. The van der Waals surface area contributed by atoms with Crippen molar-refractivity contribution in [2.75, 3.05) is 18.7 Å². The quantitative estimate of drug-likeness (QED) is 0.717. The fourth-order valence-corrected chi connectivity index (χ4v) is 3.58. The van der Waals surface area contributed by atoms with E-state index in [0.29, 0.717) is 10.9 Å². The Morgan fingerprint density at radius 2 is 1.96 bits per heavy atom. The summed E-state index contributed by atoms with van der Waals surface area (Å²) in [6.45, 7) is 4.08. The standard InChI is InChI=1S/C20H18N2O4S/c1-12-4-3-5-13(2)19(12)24-9-18(23)22-20-21-15(10-27-20)14-6-7-16-17(8-14)26-11-25-16/h3-8,10H,9,11H2,1-2H3,(H,21,22,23). The summed E-state index contributed by atoms with van der Waals surface area (Å²) in [6, 6.07) is 11.5. The highest BCUT2D eigenvalue weighted by molar-refractivity contribution is 7.14. The number of aromatic nitrogens is 1. The number of para-hydroxylation sites is 1. The molecular weight excluding hydrogens is 364 g/mol. The van der Waals surface area contributed by atoms with Crippen molar-refractivity contribution >= 4 is 22.4 Å². The molecule has 2 aromatic carbocycles. The van der Waals surface area contributed by atoms with Crippen LogP contribution in [-0.2, 0) is 4.79 Å². The average Bonchev–Trinajstić information content (AvgIpc) is 3.29. The minimum Gasteiger partial charge on any atom is -0.483 e. The van der Waals surface area contributed by atoms with Crippen molar-refractivity contribution in [1.29, 1.82) is 0 Å². The Kier molecular flexibility index (Phi) is 4.68. The molecular formula is C20H18N2O4S. The second-order valence-corrected chi connectivity index (χ2v) is 7.02. The van der Waals surface area contributed by atoms with Crippen molar-refractivity contribution < 1.29 is 19.0 Å². The summed E-state index contributed by atoms with van der Waals surface area (Å²) in [5.41, 5.74) is 3.68. The van der Waals surface area contributed by atoms with Crippen LogP contribution in [-0.4, -0.2) is 24.3 Å². The number of nitrogens with zero attached hydrogens (tertiary/aromatic N) is 1. The molecule has 1 aliphatic heterocycles. The minimum absolute atomic E-state index is 0.0649. The van der Waals surface area contributed by atoms with Crippen LogP contribution in [0.5, 0.6) is 17.2 Å². The fraction of sp³-hybridized carbons (Fsp3) is 0.200. The SMILES string of the molecule is Cc1cccc(C)c1OCC(=O)Nc1nc(-c2ccc3c(c2)OCO3)cs1. The highest BCUT2D eigenvalue weighted by atomic mass is 32.1. The second-order valence-electron chi connectivity index (χ2n) is 6.16. The van der Waals surface area contributed by atoms with Crippen LogP contribution in [0.3, 0.4) is 0 Å². The number of fused-ring (bicyclic) bond motifs is 1. The number of benzene rings is 2. The monoisotopic (exact) mass is 382 g/mol. The highest BCUT2D eigenvalue weighted by Crippen LogP contribution is 2.36. The van der Waals surface area contributed by atoms with Gasteiger partial charge in [-0.15, -0.1) is 11.3 Å². The molecule has 0 radical (unpaired) electrons. The lowest BCUT2D eigenvalue weighted by atomic mass is 10.1. The van der Waals surface area contributed by atoms with Crippen molar-refractivity contribution in [3.63, 3.8) is 0 Å². The van der Waals surface area contributed by atoms with E-state index < -0.39 is 0 Å². The van der Waals surface area contributed by atoms with Crippen LogP contribution in [0, 0.1) is 13.8 Å².